The van der Waals surface area contributed by atoms with Gasteiger partial charge in [-0.05, 0) is 69.2 Å². The number of rotatable bonds is 7. The third-order valence-corrected chi connectivity index (χ3v) is 5.12. The van der Waals surface area contributed by atoms with Crippen LogP contribution in [0.15, 0.2) is 59.6 Å². The van der Waals surface area contributed by atoms with Gasteiger partial charge < -0.3 is 4.74 Å². The first-order valence-electron chi connectivity index (χ1n) is 8.94. The molecule has 0 heterocycles. The van der Waals surface area contributed by atoms with Crippen LogP contribution < -0.4 is 4.74 Å². The fraction of sp³-hybridized carbons (Fsp3) is 0.348. The Labute approximate surface area is 161 Å². The summed E-state index contributed by atoms with van der Waals surface area (Å²) in [5.74, 6) is 0.777. The highest BCUT2D eigenvalue weighted by molar-refractivity contribution is 8.11. The van der Waals surface area contributed by atoms with E-state index in [0.29, 0.717) is 5.56 Å². The molecule has 0 fully saturated rings. The molecule has 0 saturated carbocycles. The quantitative estimate of drug-likeness (QED) is 0.296. The molecule has 0 aliphatic heterocycles. The van der Waals surface area contributed by atoms with Gasteiger partial charge in [-0.15, -0.1) is 0 Å². The van der Waals surface area contributed by atoms with Gasteiger partial charge in [0.15, 0.2) is 5.78 Å². The number of thioether (sulfide) groups is 1. The van der Waals surface area contributed by atoms with E-state index in [2.05, 4.69) is 26.2 Å². The number of carbonyl (C=O) groups excluding carboxylic acids is 1. The van der Waals surface area contributed by atoms with Crippen LogP contribution in [-0.2, 0) is 0 Å². The molecule has 0 N–H and O–H groups in total. The van der Waals surface area contributed by atoms with Gasteiger partial charge in [0.2, 0.25) is 0 Å². The summed E-state index contributed by atoms with van der Waals surface area (Å²) in [4.78, 5) is 14.0. The summed E-state index contributed by atoms with van der Waals surface area (Å²) in [6.45, 7) is 15.8. The van der Waals surface area contributed by atoms with Gasteiger partial charge >= 0.3 is 0 Å². The predicted octanol–water partition coefficient (Wildman–Crippen LogP) is 6.95. The zero-order valence-electron chi connectivity index (χ0n) is 16.2. The lowest BCUT2D eigenvalue weighted by Gasteiger charge is -2.23. The Kier molecular flexibility index (Phi) is 7.10. The molecule has 3 heteroatoms. The molecule has 1 aliphatic carbocycles. The van der Waals surface area contributed by atoms with E-state index < -0.39 is 0 Å². The van der Waals surface area contributed by atoms with E-state index in [1.807, 2.05) is 38.1 Å². The maximum atomic E-state index is 12.0. The summed E-state index contributed by atoms with van der Waals surface area (Å²) in [7, 11) is 0. The summed E-state index contributed by atoms with van der Waals surface area (Å²) >= 11 is 1.59. The Hall–Kier alpha value is -2.00. The van der Waals surface area contributed by atoms with Gasteiger partial charge in [0.1, 0.15) is 11.9 Å². The second kappa shape index (κ2) is 9.09. The number of hydrogen-bond acceptors (Lipinski definition) is 3. The minimum absolute atomic E-state index is 0.0309. The first-order valence-corrected chi connectivity index (χ1v) is 9.75. The molecule has 0 aromatic heterocycles. The number of Topliss-reactive ketones (excluding diaryl/α,β-unsaturated/α-hetero) is 1. The lowest BCUT2D eigenvalue weighted by molar-refractivity contribution is 0.101. The van der Waals surface area contributed by atoms with Crippen molar-refractivity contribution < 1.29 is 9.53 Å². The maximum Gasteiger partial charge on any atom is 0.159 e. The Morgan fingerprint density at radius 1 is 1.19 bits per heavy atom. The van der Waals surface area contributed by atoms with Gasteiger partial charge in [0.05, 0.1) is 0 Å². The van der Waals surface area contributed by atoms with Crippen molar-refractivity contribution >= 4 is 22.5 Å². The second-order valence-electron chi connectivity index (χ2n) is 7.00. The van der Waals surface area contributed by atoms with E-state index in [4.69, 9.17) is 4.74 Å². The lowest BCUT2D eigenvalue weighted by atomic mass is 9.98. The van der Waals surface area contributed by atoms with Crippen LogP contribution >= 0.6 is 11.8 Å². The molecular formula is C23H28O2S. The fourth-order valence-electron chi connectivity index (χ4n) is 3.01. The number of benzene rings is 1. The van der Waals surface area contributed by atoms with Crippen LogP contribution in [0.4, 0.5) is 0 Å². The van der Waals surface area contributed by atoms with Crippen molar-refractivity contribution in [3.05, 3.63) is 70.7 Å². The number of ketones is 1. The minimum atomic E-state index is 0.0309. The molecule has 1 atom stereocenters. The molecular weight excluding hydrogens is 340 g/mol. The molecule has 0 amide bonds. The van der Waals surface area contributed by atoms with E-state index in [1.165, 1.54) is 5.57 Å². The monoisotopic (exact) mass is 368 g/mol. The predicted molar refractivity (Wildman–Crippen MR) is 114 cm³/mol. The smallest absolute Gasteiger partial charge is 0.159 e. The van der Waals surface area contributed by atoms with E-state index >= 15 is 0 Å². The van der Waals surface area contributed by atoms with Crippen LogP contribution in [0.25, 0.3) is 4.91 Å². The topological polar surface area (TPSA) is 26.3 Å². The SMILES string of the molecule is C=C(C)/C=C(/C)SC(=C)c1cc(O[C@H]2CCC=C(C)C2)cc(C(C)=O)c1. The van der Waals surface area contributed by atoms with E-state index in [1.54, 1.807) is 18.7 Å². The van der Waals surface area contributed by atoms with Gasteiger partial charge in [0.25, 0.3) is 0 Å². The summed E-state index contributed by atoms with van der Waals surface area (Å²) in [6.07, 6.45) is 7.46. The summed E-state index contributed by atoms with van der Waals surface area (Å²) in [5.41, 5.74) is 3.95. The van der Waals surface area contributed by atoms with Crippen LogP contribution in [-0.4, -0.2) is 11.9 Å². The lowest BCUT2D eigenvalue weighted by Crippen LogP contribution is -2.19. The highest BCUT2D eigenvalue weighted by Gasteiger charge is 2.16. The number of carbonyl (C=O) groups is 1. The van der Waals surface area contributed by atoms with Crippen molar-refractivity contribution in [1.82, 2.24) is 0 Å². The molecule has 0 bridgehead atoms. The molecule has 1 aromatic rings. The molecule has 26 heavy (non-hydrogen) atoms. The zero-order chi connectivity index (χ0) is 19.3. The third-order valence-electron chi connectivity index (χ3n) is 4.20. The van der Waals surface area contributed by atoms with Gasteiger partial charge in [0, 0.05) is 16.9 Å². The fourth-order valence-corrected chi connectivity index (χ4v) is 3.90. The minimum Gasteiger partial charge on any atom is -0.490 e. The summed E-state index contributed by atoms with van der Waals surface area (Å²) in [6, 6.07) is 5.72. The molecule has 0 spiro atoms. The van der Waals surface area contributed by atoms with Gasteiger partial charge in [-0.1, -0.05) is 48.2 Å². The van der Waals surface area contributed by atoms with Gasteiger partial charge in [-0.25, -0.2) is 0 Å². The van der Waals surface area contributed by atoms with E-state index in [-0.39, 0.29) is 11.9 Å². The van der Waals surface area contributed by atoms with Crippen LogP contribution in [0.2, 0.25) is 0 Å². The van der Waals surface area contributed by atoms with Crippen molar-refractivity contribution in [2.24, 2.45) is 0 Å². The Bertz CT molecular complexity index is 783. The highest BCUT2D eigenvalue weighted by atomic mass is 32.2. The molecule has 2 rings (SSSR count). The highest BCUT2D eigenvalue weighted by Crippen LogP contribution is 2.35. The van der Waals surface area contributed by atoms with Crippen LogP contribution in [0.1, 0.15) is 62.9 Å². The molecule has 1 aliphatic rings. The van der Waals surface area contributed by atoms with Crippen LogP contribution in [0.5, 0.6) is 5.75 Å². The van der Waals surface area contributed by atoms with Crippen molar-refractivity contribution in [2.45, 2.75) is 53.1 Å². The normalized spacial score (nSPS) is 17.5. The maximum absolute atomic E-state index is 12.0. The zero-order valence-corrected chi connectivity index (χ0v) is 17.0. The van der Waals surface area contributed by atoms with Crippen LogP contribution in [0.3, 0.4) is 0 Å². The third kappa shape index (κ3) is 6.06. The summed E-state index contributed by atoms with van der Waals surface area (Å²) < 4.78 is 6.20. The molecule has 1 aromatic carbocycles. The van der Waals surface area contributed by atoms with Gasteiger partial charge in [-0.3, -0.25) is 4.79 Å². The van der Waals surface area contributed by atoms with E-state index in [0.717, 1.165) is 46.0 Å². The average molecular weight is 369 g/mol. The van der Waals surface area contributed by atoms with E-state index in [9.17, 15) is 4.79 Å². The molecule has 0 saturated heterocycles. The molecule has 0 unspecified atom stereocenters. The number of hydrogen-bond donors (Lipinski definition) is 0. The second-order valence-corrected chi connectivity index (χ2v) is 8.34. The summed E-state index contributed by atoms with van der Waals surface area (Å²) in [5, 5.41) is 0. The van der Waals surface area contributed by atoms with Crippen molar-refractivity contribution in [2.75, 3.05) is 0 Å². The largest absolute Gasteiger partial charge is 0.490 e. The van der Waals surface area contributed by atoms with Gasteiger partial charge in [-0.2, -0.15) is 0 Å². The first-order chi connectivity index (χ1) is 12.2. The Morgan fingerprint density at radius 3 is 2.50 bits per heavy atom. The number of allylic oxidation sites excluding steroid dienone is 4. The average Bonchev–Trinajstić information content (AvgIpc) is 2.53. The molecule has 2 nitrogen and oxygen atoms in total. The Balaban J connectivity index is 2.24. The molecule has 0 radical (unpaired) electrons. The van der Waals surface area contributed by atoms with Crippen molar-refractivity contribution in [3.8, 4) is 5.75 Å². The standard InChI is InChI=1S/C23H28O2S/c1-15(2)10-17(4)26-19(6)21-12-20(18(5)24)13-23(14-21)25-22-9-7-8-16(3)11-22/h8,10,12-14,22H,1,6-7,9,11H2,2-5H3/b17-10-/t22-/m0/s1. The van der Waals surface area contributed by atoms with Crippen molar-refractivity contribution in [1.29, 1.82) is 0 Å². The molecule has 138 valence electrons. The number of ether oxygens (including phenoxy) is 1. The van der Waals surface area contributed by atoms with Crippen LogP contribution in [0, 0.1) is 0 Å². The van der Waals surface area contributed by atoms with Crippen molar-refractivity contribution in [3.63, 3.8) is 0 Å². The first kappa shape index (κ1) is 20.3. The Morgan fingerprint density at radius 2 is 1.88 bits per heavy atom.